The quantitative estimate of drug-likeness (QED) is 0.723. The molecule has 2 nitrogen and oxygen atoms in total. The zero-order chi connectivity index (χ0) is 9.80. The molecule has 1 atom stereocenters. The maximum Gasteiger partial charge on any atom is 0.0224 e. The van der Waals surface area contributed by atoms with Gasteiger partial charge in [0.05, 0.1) is 0 Å². The molecule has 1 aliphatic heterocycles. The van der Waals surface area contributed by atoms with Crippen LogP contribution >= 0.6 is 0 Å². The second-order valence-corrected chi connectivity index (χ2v) is 4.82. The molecule has 1 saturated heterocycles. The predicted octanol–water partition coefficient (Wildman–Crippen LogP) is 2.00. The Morgan fingerprint density at radius 2 is 2.07 bits per heavy atom. The molecule has 0 aromatic carbocycles. The highest BCUT2D eigenvalue weighted by Gasteiger charge is 2.33. The fourth-order valence-corrected chi connectivity index (χ4v) is 2.53. The molecule has 1 saturated carbocycles. The second-order valence-electron chi connectivity index (χ2n) is 4.82. The Bertz CT molecular complexity index is 160. The number of nitrogens with one attached hydrogen (secondary N) is 1. The zero-order valence-corrected chi connectivity index (χ0v) is 9.47. The summed E-state index contributed by atoms with van der Waals surface area (Å²) in [6.07, 6.45) is 8.43. The van der Waals surface area contributed by atoms with Crippen molar-refractivity contribution in [1.82, 2.24) is 10.2 Å². The van der Waals surface area contributed by atoms with Crippen LogP contribution < -0.4 is 5.32 Å². The number of nitrogens with zero attached hydrogens (tertiary/aromatic N) is 1. The summed E-state index contributed by atoms with van der Waals surface area (Å²) in [5, 5.41) is 3.53. The van der Waals surface area contributed by atoms with Gasteiger partial charge in [0.15, 0.2) is 0 Å². The van der Waals surface area contributed by atoms with Crippen molar-refractivity contribution in [1.29, 1.82) is 0 Å². The van der Waals surface area contributed by atoms with Gasteiger partial charge in [-0.1, -0.05) is 13.3 Å². The number of rotatable bonds is 5. The minimum Gasteiger partial charge on any atom is -0.315 e. The molecule has 14 heavy (non-hydrogen) atoms. The van der Waals surface area contributed by atoms with Gasteiger partial charge in [0, 0.05) is 18.6 Å². The smallest absolute Gasteiger partial charge is 0.0224 e. The van der Waals surface area contributed by atoms with Crippen LogP contribution in [0.4, 0.5) is 0 Å². The van der Waals surface area contributed by atoms with Crippen molar-refractivity contribution in [3.8, 4) is 0 Å². The Balaban J connectivity index is 1.81. The van der Waals surface area contributed by atoms with E-state index in [1.807, 2.05) is 0 Å². The summed E-state index contributed by atoms with van der Waals surface area (Å²) in [6.45, 7) is 6.11. The van der Waals surface area contributed by atoms with Crippen LogP contribution in [-0.2, 0) is 0 Å². The molecule has 2 rings (SSSR count). The van der Waals surface area contributed by atoms with E-state index in [9.17, 15) is 0 Å². The van der Waals surface area contributed by atoms with Crippen LogP contribution in [0, 0.1) is 0 Å². The van der Waals surface area contributed by atoms with E-state index in [4.69, 9.17) is 0 Å². The first kappa shape index (κ1) is 10.4. The van der Waals surface area contributed by atoms with Gasteiger partial charge < -0.3 is 5.32 Å². The summed E-state index contributed by atoms with van der Waals surface area (Å²) in [6, 6.07) is 1.80. The fraction of sp³-hybridized carbons (Fsp3) is 1.00. The van der Waals surface area contributed by atoms with Gasteiger partial charge in [0.25, 0.3) is 0 Å². The van der Waals surface area contributed by atoms with Crippen LogP contribution in [0.15, 0.2) is 0 Å². The maximum atomic E-state index is 3.53. The lowest BCUT2D eigenvalue weighted by Gasteiger charge is -2.34. The first-order valence-corrected chi connectivity index (χ1v) is 6.38. The molecule has 0 radical (unpaired) electrons. The summed E-state index contributed by atoms with van der Waals surface area (Å²) in [5.74, 6) is 0. The van der Waals surface area contributed by atoms with Crippen molar-refractivity contribution < 1.29 is 0 Å². The fourth-order valence-electron chi connectivity index (χ4n) is 2.53. The molecule has 1 N–H and O–H groups in total. The number of hydrogen-bond acceptors (Lipinski definition) is 2. The first-order valence-electron chi connectivity index (χ1n) is 6.38. The Hall–Kier alpha value is -0.0800. The molecule has 0 aromatic rings. The van der Waals surface area contributed by atoms with E-state index in [0.717, 1.165) is 12.1 Å². The average molecular weight is 196 g/mol. The minimum atomic E-state index is 0.850. The molecule has 1 heterocycles. The van der Waals surface area contributed by atoms with E-state index in [-0.39, 0.29) is 0 Å². The van der Waals surface area contributed by atoms with Gasteiger partial charge in [-0.15, -0.1) is 0 Å². The molecule has 2 fully saturated rings. The van der Waals surface area contributed by atoms with E-state index in [1.54, 1.807) is 0 Å². The van der Waals surface area contributed by atoms with E-state index in [1.165, 1.54) is 58.2 Å². The Labute approximate surface area is 88.1 Å². The highest BCUT2D eigenvalue weighted by atomic mass is 15.2. The summed E-state index contributed by atoms with van der Waals surface area (Å²) in [5.41, 5.74) is 0. The van der Waals surface area contributed by atoms with E-state index >= 15 is 0 Å². The highest BCUT2D eigenvalue weighted by Crippen LogP contribution is 2.30. The Kier molecular flexibility index (Phi) is 3.82. The van der Waals surface area contributed by atoms with Gasteiger partial charge in [-0.2, -0.15) is 0 Å². The standard InChI is InChI=1S/C12H24N2/c1-2-3-9-14(11-6-7-11)12-5-4-8-13-10-12/h11-13H,2-10H2,1H3. The van der Waals surface area contributed by atoms with Crippen LogP contribution in [0.3, 0.4) is 0 Å². The summed E-state index contributed by atoms with van der Waals surface area (Å²) in [7, 11) is 0. The van der Waals surface area contributed by atoms with Crippen molar-refractivity contribution in [3.63, 3.8) is 0 Å². The van der Waals surface area contributed by atoms with E-state index in [0.29, 0.717) is 0 Å². The molecule has 1 aliphatic carbocycles. The second kappa shape index (κ2) is 5.13. The number of unbranched alkanes of at least 4 members (excludes halogenated alkanes) is 1. The average Bonchev–Trinajstić information content (AvgIpc) is 3.04. The molecule has 0 bridgehead atoms. The van der Waals surface area contributed by atoms with Crippen molar-refractivity contribution in [2.45, 2.75) is 57.5 Å². The Morgan fingerprint density at radius 1 is 1.21 bits per heavy atom. The number of hydrogen-bond donors (Lipinski definition) is 1. The van der Waals surface area contributed by atoms with Gasteiger partial charge in [0.2, 0.25) is 0 Å². The first-order chi connectivity index (χ1) is 6.92. The SMILES string of the molecule is CCCCN(C1CC1)C1CCCNC1. The third-order valence-corrected chi connectivity index (χ3v) is 3.53. The summed E-state index contributed by atoms with van der Waals surface area (Å²) >= 11 is 0. The molecular formula is C12H24N2. The third kappa shape index (κ3) is 2.71. The van der Waals surface area contributed by atoms with Crippen molar-refractivity contribution in [3.05, 3.63) is 0 Å². The summed E-state index contributed by atoms with van der Waals surface area (Å²) in [4.78, 5) is 2.79. The predicted molar refractivity (Wildman–Crippen MR) is 60.5 cm³/mol. The molecular weight excluding hydrogens is 172 g/mol. The van der Waals surface area contributed by atoms with E-state index < -0.39 is 0 Å². The molecule has 0 aromatic heterocycles. The monoisotopic (exact) mass is 196 g/mol. The van der Waals surface area contributed by atoms with Crippen LogP contribution in [0.2, 0.25) is 0 Å². The van der Waals surface area contributed by atoms with Gasteiger partial charge in [-0.3, -0.25) is 4.90 Å². The maximum absolute atomic E-state index is 3.53. The minimum absolute atomic E-state index is 0.850. The Morgan fingerprint density at radius 3 is 2.64 bits per heavy atom. The normalized spacial score (nSPS) is 28.3. The van der Waals surface area contributed by atoms with Crippen LogP contribution in [0.1, 0.15) is 45.4 Å². The van der Waals surface area contributed by atoms with Crippen molar-refractivity contribution >= 4 is 0 Å². The number of piperidine rings is 1. The summed E-state index contributed by atoms with van der Waals surface area (Å²) < 4.78 is 0. The van der Waals surface area contributed by atoms with Gasteiger partial charge in [0.1, 0.15) is 0 Å². The third-order valence-electron chi connectivity index (χ3n) is 3.53. The van der Waals surface area contributed by atoms with Crippen LogP contribution in [-0.4, -0.2) is 36.6 Å². The van der Waals surface area contributed by atoms with Gasteiger partial charge >= 0.3 is 0 Å². The molecule has 0 spiro atoms. The topological polar surface area (TPSA) is 15.3 Å². The molecule has 2 aliphatic rings. The molecule has 2 heteroatoms. The van der Waals surface area contributed by atoms with Crippen LogP contribution in [0.25, 0.3) is 0 Å². The lowest BCUT2D eigenvalue weighted by molar-refractivity contribution is 0.154. The molecule has 0 amide bonds. The van der Waals surface area contributed by atoms with Crippen LogP contribution in [0.5, 0.6) is 0 Å². The lowest BCUT2D eigenvalue weighted by Crippen LogP contribution is -2.47. The molecule has 82 valence electrons. The van der Waals surface area contributed by atoms with Crippen molar-refractivity contribution in [2.75, 3.05) is 19.6 Å². The highest BCUT2D eigenvalue weighted by molar-refractivity contribution is 4.90. The molecule has 1 unspecified atom stereocenters. The van der Waals surface area contributed by atoms with E-state index in [2.05, 4.69) is 17.1 Å². The van der Waals surface area contributed by atoms with Gasteiger partial charge in [-0.25, -0.2) is 0 Å². The largest absolute Gasteiger partial charge is 0.315 e. The van der Waals surface area contributed by atoms with Crippen molar-refractivity contribution in [2.24, 2.45) is 0 Å². The zero-order valence-electron chi connectivity index (χ0n) is 9.47. The lowest BCUT2D eigenvalue weighted by atomic mass is 10.1. The van der Waals surface area contributed by atoms with Gasteiger partial charge in [-0.05, 0) is 45.2 Å².